The van der Waals surface area contributed by atoms with Crippen molar-refractivity contribution in [3.8, 4) is 0 Å². The Balaban J connectivity index is 2.49. The molecule has 0 radical (unpaired) electrons. The molecular weight excluding hydrogens is 287 g/mol. The van der Waals surface area contributed by atoms with Crippen LogP contribution >= 0.6 is 0 Å². The summed E-state index contributed by atoms with van der Waals surface area (Å²) >= 11 is 0. The number of halogens is 3. The second-order valence-electron chi connectivity index (χ2n) is 6.97. The van der Waals surface area contributed by atoms with Gasteiger partial charge in [-0.3, -0.25) is 4.79 Å². The number of amides is 1. The SMILES string of the molecule is CC(C)(C)[Si](C)(C)OCC1CCN(C(=O)C(F)(F)F)C1. The minimum atomic E-state index is -4.77. The van der Waals surface area contributed by atoms with Crippen LogP contribution in [0.2, 0.25) is 18.1 Å². The van der Waals surface area contributed by atoms with Crippen molar-refractivity contribution in [2.45, 2.75) is 51.5 Å². The molecule has 1 amide bonds. The lowest BCUT2D eigenvalue weighted by atomic mass is 10.1. The summed E-state index contributed by atoms with van der Waals surface area (Å²) < 4.78 is 43.0. The lowest BCUT2D eigenvalue weighted by Gasteiger charge is -2.37. The molecule has 7 heteroatoms. The lowest BCUT2D eigenvalue weighted by molar-refractivity contribution is -0.184. The third kappa shape index (κ3) is 4.21. The predicted molar refractivity (Wildman–Crippen MR) is 73.9 cm³/mol. The number of nitrogens with zero attached hydrogens (tertiary/aromatic N) is 1. The zero-order chi connectivity index (χ0) is 15.8. The van der Waals surface area contributed by atoms with E-state index >= 15 is 0 Å². The molecule has 1 heterocycles. The van der Waals surface area contributed by atoms with Crippen LogP contribution in [-0.4, -0.2) is 45.0 Å². The summed E-state index contributed by atoms with van der Waals surface area (Å²) in [6, 6.07) is 0. The Hall–Kier alpha value is -0.563. The maximum absolute atomic E-state index is 12.3. The van der Waals surface area contributed by atoms with E-state index in [9.17, 15) is 18.0 Å². The molecule has 0 N–H and O–H groups in total. The van der Waals surface area contributed by atoms with E-state index in [1.54, 1.807) is 0 Å². The Morgan fingerprint density at radius 3 is 2.30 bits per heavy atom. The highest BCUT2D eigenvalue weighted by Crippen LogP contribution is 2.37. The Morgan fingerprint density at radius 1 is 1.30 bits per heavy atom. The Morgan fingerprint density at radius 2 is 1.85 bits per heavy atom. The van der Waals surface area contributed by atoms with Gasteiger partial charge in [0.05, 0.1) is 0 Å². The number of likely N-dealkylation sites (tertiary alicyclic amines) is 1. The van der Waals surface area contributed by atoms with Crippen LogP contribution in [0.3, 0.4) is 0 Å². The van der Waals surface area contributed by atoms with Crippen molar-refractivity contribution >= 4 is 14.2 Å². The first-order chi connectivity index (χ1) is 8.84. The van der Waals surface area contributed by atoms with Gasteiger partial charge in [-0.2, -0.15) is 13.2 Å². The number of rotatable bonds is 3. The molecule has 0 bridgehead atoms. The Kier molecular flexibility index (Phi) is 4.96. The van der Waals surface area contributed by atoms with Crippen LogP contribution in [-0.2, 0) is 9.22 Å². The first-order valence-corrected chi connectivity index (χ1v) is 9.75. The maximum Gasteiger partial charge on any atom is 0.471 e. The Bertz CT molecular complexity index is 364. The van der Waals surface area contributed by atoms with Gasteiger partial charge in [0.2, 0.25) is 0 Å². The van der Waals surface area contributed by atoms with Crippen LogP contribution in [0.5, 0.6) is 0 Å². The van der Waals surface area contributed by atoms with Gasteiger partial charge in [-0.05, 0) is 24.6 Å². The predicted octanol–water partition coefficient (Wildman–Crippen LogP) is 3.42. The molecule has 0 aromatic carbocycles. The van der Waals surface area contributed by atoms with Crippen molar-refractivity contribution < 1.29 is 22.4 Å². The Labute approximate surface area is 119 Å². The molecule has 0 aromatic rings. The summed E-state index contributed by atoms with van der Waals surface area (Å²) in [5.74, 6) is -1.72. The quantitative estimate of drug-likeness (QED) is 0.748. The highest BCUT2D eigenvalue weighted by atomic mass is 28.4. The second-order valence-corrected chi connectivity index (χ2v) is 11.8. The van der Waals surface area contributed by atoms with Crippen LogP contribution in [0, 0.1) is 5.92 Å². The van der Waals surface area contributed by atoms with Gasteiger partial charge in [0.15, 0.2) is 8.32 Å². The van der Waals surface area contributed by atoms with E-state index in [1.807, 2.05) is 0 Å². The van der Waals surface area contributed by atoms with E-state index in [2.05, 4.69) is 33.9 Å². The molecule has 20 heavy (non-hydrogen) atoms. The molecule has 1 rings (SSSR count). The third-order valence-corrected chi connectivity index (χ3v) is 8.80. The van der Waals surface area contributed by atoms with Gasteiger partial charge < -0.3 is 9.33 Å². The summed E-state index contributed by atoms with van der Waals surface area (Å²) in [6.45, 7) is 11.3. The number of hydrogen-bond donors (Lipinski definition) is 0. The molecular formula is C13H24F3NO2Si. The first-order valence-electron chi connectivity index (χ1n) is 6.84. The normalized spacial score (nSPS) is 21.4. The molecule has 3 nitrogen and oxygen atoms in total. The van der Waals surface area contributed by atoms with Crippen LogP contribution < -0.4 is 0 Å². The van der Waals surface area contributed by atoms with Gasteiger partial charge in [-0.1, -0.05) is 20.8 Å². The standard InChI is InChI=1S/C13H24F3NO2Si/c1-12(2,3)20(4,5)19-9-10-6-7-17(8-10)11(18)13(14,15)16/h10H,6-9H2,1-5H3. The zero-order valence-electron chi connectivity index (χ0n) is 12.8. The molecule has 0 saturated carbocycles. The van der Waals surface area contributed by atoms with Gasteiger partial charge in [0.1, 0.15) is 0 Å². The topological polar surface area (TPSA) is 29.5 Å². The van der Waals surface area contributed by atoms with Crippen molar-refractivity contribution in [3.63, 3.8) is 0 Å². The van der Waals surface area contributed by atoms with Gasteiger partial charge in [0.25, 0.3) is 0 Å². The minimum absolute atomic E-state index is 0.00965. The molecule has 1 aliphatic heterocycles. The fraction of sp³-hybridized carbons (Fsp3) is 0.923. The molecule has 1 unspecified atom stereocenters. The van der Waals surface area contributed by atoms with Crippen molar-refractivity contribution in [2.75, 3.05) is 19.7 Å². The van der Waals surface area contributed by atoms with Gasteiger partial charge in [0, 0.05) is 25.6 Å². The van der Waals surface area contributed by atoms with E-state index in [1.165, 1.54) is 0 Å². The lowest BCUT2D eigenvalue weighted by Crippen LogP contribution is -2.43. The van der Waals surface area contributed by atoms with E-state index in [0.717, 1.165) is 4.90 Å². The molecule has 0 aromatic heterocycles. The average molecular weight is 311 g/mol. The summed E-state index contributed by atoms with van der Waals surface area (Å²) in [5.41, 5.74) is 0. The maximum atomic E-state index is 12.3. The highest BCUT2D eigenvalue weighted by Gasteiger charge is 2.45. The minimum Gasteiger partial charge on any atom is -0.416 e. The molecule has 1 fully saturated rings. The van der Waals surface area contributed by atoms with Crippen LogP contribution in [0.25, 0.3) is 0 Å². The van der Waals surface area contributed by atoms with Gasteiger partial charge in [-0.25, -0.2) is 0 Å². The number of carbonyl (C=O) groups is 1. The largest absolute Gasteiger partial charge is 0.471 e. The van der Waals surface area contributed by atoms with E-state index in [0.29, 0.717) is 13.0 Å². The highest BCUT2D eigenvalue weighted by molar-refractivity contribution is 6.74. The van der Waals surface area contributed by atoms with Gasteiger partial charge >= 0.3 is 12.1 Å². The molecule has 118 valence electrons. The first kappa shape index (κ1) is 17.5. The van der Waals surface area contributed by atoms with Crippen molar-refractivity contribution in [1.82, 2.24) is 4.90 Å². The van der Waals surface area contributed by atoms with Crippen molar-refractivity contribution in [2.24, 2.45) is 5.92 Å². The average Bonchev–Trinajstić information content (AvgIpc) is 2.71. The van der Waals surface area contributed by atoms with Crippen molar-refractivity contribution in [3.05, 3.63) is 0 Å². The van der Waals surface area contributed by atoms with Crippen LogP contribution in [0.1, 0.15) is 27.2 Å². The fourth-order valence-corrected chi connectivity index (χ4v) is 2.96. The fourth-order valence-electron chi connectivity index (χ4n) is 1.88. The molecule has 0 aliphatic carbocycles. The van der Waals surface area contributed by atoms with Crippen LogP contribution in [0.15, 0.2) is 0 Å². The van der Waals surface area contributed by atoms with E-state index in [-0.39, 0.29) is 24.0 Å². The van der Waals surface area contributed by atoms with E-state index < -0.39 is 20.4 Å². The van der Waals surface area contributed by atoms with Crippen LogP contribution in [0.4, 0.5) is 13.2 Å². The number of alkyl halides is 3. The summed E-state index contributed by atoms with van der Waals surface area (Å²) in [5, 5.41) is 0.0765. The summed E-state index contributed by atoms with van der Waals surface area (Å²) in [4.78, 5) is 12.0. The molecule has 1 aliphatic rings. The monoisotopic (exact) mass is 311 g/mol. The summed E-state index contributed by atoms with van der Waals surface area (Å²) in [7, 11) is -1.88. The number of hydrogen-bond acceptors (Lipinski definition) is 2. The third-order valence-electron chi connectivity index (χ3n) is 4.30. The summed E-state index contributed by atoms with van der Waals surface area (Å²) in [6.07, 6.45) is -4.19. The molecule has 1 atom stereocenters. The molecule has 0 spiro atoms. The van der Waals surface area contributed by atoms with Gasteiger partial charge in [-0.15, -0.1) is 0 Å². The number of carbonyl (C=O) groups excluding carboxylic acids is 1. The van der Waals surface area contributed by atoms with E-state index in [4.69, 9.17) is 4.43 Å². The molecule has 1 saturated heterocycles. The zero-order valence-corrected chi connectivity index (χ0v) is 13.8. The second kappa shape index (κ2) is 5.67. The van der Waals surface area contributed by atoms with Crippen molar-refractivity contribution in [1.29, 1.82) is 0 Å². The smallest absolute Gasteiger partial charge is 0.416 e.